The first kappa shape index (κ1) is 78.7. The molecular weight excluding hydrogens is 1460 g/mol. The highest BCUT2D eigenvalue weighted by Crippen LogP contribution is 2.35. The fourth-order valence-corrected chi connectivity index (χ4v) is 11.2. The normalized spacial score (nSPS) is 11.0. The van der Waals surface area contributed by atoms with E-state index in [2.05, 4.69) is 61.4 Å². The van der Waals surface area contributed by atoms with Crippen molar-refractivity contribution in [2.24, 2.45) is 0 Å². The molecule has 3 amide bonds. The molecular formula is C76H66Cl4F6N14O6. The molecule has 6 aromatic carbocycles. The van der Waals surface area contributed by atoms with Crippen LogP contribution in [-0.2, 0) is 18.8 Å². The summed E-state index contributed by atoms with van der Waals surface area (Å²) in [7, 11) is 4.63. The molecule has 30 heteroatoms. The number of rotatable bonds is 18. The Hall–Kier alpha value is -11.5. The van der Waals surface area contributed by atoms with E-state index in [1.807, 2.05) is 81.4 Å². The lowest BCUT2D eigenvalue weighted by Gasteiger charge is -2.12. The molecule has 106 heavy (non-hydrogen) atoms. The average molecular weight is 1530 g/mol. The maximum Gasteiger partial charge on any atom is 0.416 e. The number of carbonyl (C=O) groups excluding carboxylic acids is 3. The molecule has 0 bridgehead atoms. The van der Waals surface area contributed by atoms with E-state index in [4.69, 9.17) is 60.6 Å². The minimum absolute atomic E-state index is 0.0893. The summed E-state index contributed by atoms with van der Waals surface area (Å²) >= 11 is 24.8. The van der Waals surface area contributed by atoms with Gasteiger partial charge in [0.1, 0.15) is 29.9 Å². The third-order valence-electron chi connectivity index (χ3n) is 15.1. The first-order valence-corrected chi connectivity index (χ1v) is 33.5. The third kappa shape index (κ3) is 22.1. The molecule has 0 atom stereocenters. The Morgan fingerprint density at radius 1 is 0.434 bits per heavy atom. The van der Waals surface area contributed by atoms with E-state index in [-0.39, 0.29) is 29.3 Å². The highest BCUT2D eigenvalue weighted by Gasteiger charge is 2.32. The van der Waals surface area contributed by atoms with E-state index in [1.165, 1.54) is 61.4 Å². The van der Waals surface area contributed by atoms with Crippen molar-refractivity contribution in [3.05, 3.63) is 276 Å². The van der Waals surface area contributed by atoms with E-state index in [9.17, 15) is 40.7 Å². The number of alkyl halides is 6. The number of hydrogen-bond donors (Lipinski definition) is 4. The molecule has 546 valence electrons. The molecule has 0 fully saturated rings. The van der Waals surface area contributed by atoms with Gasteiger partial charge in [-0.3, -0.25) is 35.0 Å². The second-order valence-electron chi connectivity index (χ2n) is 23.5. The number of halogens is 10. The quantitative estimate of drug-likeness (QED) is 0.0461. The third-order valence-corrected chi connectivity index (χ3v) is 16.3. The minimum Gasteiger partial charge on any atom is -0.497 e. The molecule has 6 heterocycles. The molecule has 0 aliphatic heterocycles. The van der Waals surface area contributed by atoms with Gasteiger partial charge in [0.15, 0.2) is 11.6 Å². The maximum absolute atomic E-state index is 12.9. The largest absolute Gasteiger partial charge is 0.497 e. The van der Waals surface area contributed by atoms with Crippen molar-refractivity contribution in [2.75, 3.05) is 49.1 Å². The van der Waals surface area contributed by atoms with E-state index in [0.29, 0.717) is 102 Å². The van der Waals surface area contributed by atoms with Gasteiger partial charge in [-0.15, -0.1) is 10.2 Å². The van der Waals surface area contributed by atoms with Crippen LogP contribution in [0.1, 0.15) is 82.0 Å². The topological polar surface area (TPSA) is 240 Å². The van der Waals surface area contributed by atoms with Crippen LogP contribution in [0.3, 0.4) is 0 Å². The lowest BCUT2D eigenvalue weighted by molar-refractivity contribution is -0.138. The van der Waals surface area contributed by atoms with Gasteiger partial charge in [-0.2, -0.15) is 45.7 Å². The molecule has 0 saturated heterocycles. The van der Waals surface area contributed by atoms with Gasteiger partial charge < -0.3 is 24.8 Å². The Labute approximate surface area is 625 Å². The van der Waals surface area contributed by atoms with E-state index >= 15 is 0 Å². The summed E-state index contributed by atoms with van der Waals surface area (Å²) in [5, 5.41) is 21.4. The summed E-state index contributed by atoms with van der Waals surface area (Å²) in [5.41, 5.74) is 8.19. The lowest BCUT2D eigenvalue weighted by Crippen LogP contribution is -2.15. The number of nitrogens with zero attached hydrogens (tertiary/aromatic N) is 10. The Kier molecular flexibility index (Phi) is 26.6. The number of pyridine rings is 4. The Bertz CT molecular complexity index is 5070. The first-order chi connectivity index (χ1) is 50.5. The first-order valence-electron chi connectivity index (χ1n) is 32.0. The smallest absolute Gasteiger partial charge is 0.416 e. The van der Waals surface area contributed by atoms with Crippen molar-refractivity contribution in [1.29, 1.82) is 0 Å². The van der Waals surface area contributed by atoms with Crippen molar-refractivity contribution in [1.82, 2.24) is 49.5 Å². The van der Waals surface area contributed by atoms with Crippen LogP contribution in [0.2, 0.25) is 20.1 Å². The molecule has 0 unspecified atom stereocenters. The molecule has 6 aromatic heterocycles. The average Bonchev–Trinajstić information content (AvgIpc) is 1.26. The second kappa shape index (κ2) is 35.8. The summed E-state index contributed by atoms with van der Waals surface area (Å²) in [5.74, 6) is 1.14. The number of anilines is 4. The van der Waals surface area contributed by atoms with Crippen molar-refractivity contribution in [3.63, 3.8) is 0 Å². The maximum atomic E-state index is 12.9. The summed E-state index contributed by atoms with van der Waals surface area (Å²) in [6, 6.07) is 43.1. The van der Waals surface area contributed by atoms with Gasteiger partial charge in [0, 0.05) is 76.6 Å². The van der Waals surface area contributed by atoms with Gasteiger partial charge in [-0.05, 0) is 209 Å². The van der Waals surface area contributed by atoms with Crippen LogP contribution in [0, 0.1) is 34.6 Å². The van der Waals surface area contributed by atoms with Gasteiger partial charge in [-0.25, -0.2) is 9.97 Å². The number of carbonyl (C=O) groups is 3. The van der Waals surface area contributed by atoms with E-state index in [0.717, 1.165) is 57.0 Å². The van der Waals surface area contributed by atoms with Crippen LogP contribution in [0.5, 0.6) is 17.2 Å². The minimum atomic E-state index is -4.55. The number of aryl methyl sites for hydroxylation is 6. The monoisotopic (exact) mass is 1520 g/mol. The van der Waals surface area contributed by atoms with Crippen LogP contribution in [0.25, 0.3) is 34.2 Å². The van der Waals surface area contributed by atoms with Crippen LogP contribution in [0.15, 0.2) is 195 Å². The van der Waals surface area contributed by atoms with Gasteiger partial charge in [0.25, 0.3) is 17.7 Å². The standard InChI is InChI=1S/C22H20ClF3N2.C20H17ClN2O3.C17H13ClF3N5O.C17H16ClN5O2/c1-15-11-16(13-17(12-15)22(24,25)26)5-4-10-27-18-7-8-20(23)19(14-18)21-6-2-3-9-28-21;1-25-15-9-13(10-16(12-15)26-2)20(24)23-14-6-7-18(21)17(11-14)19-5-3-4-8-22-19;1-9-3-11(6-12(4-9)17(19,20)21)15(27)24-16-23-8-26(25-16)14-13(18)5-10(2)7-22-14;1-10-4-12(7-13(5-10)25-3)16(24)21-17-20-9-23(22-17)15-14(18)6-11(2)8-19-15/h2-3,6-9,11-14,27H,4-5,10H2,1H3;3-12H,1-2H3,(H,23,24);3-8H,1-2H3,(H,24,25,27);4-9H,1-3H3,(H,21,22,24). The summed E-state index contributed by atoms with van der Waals surface area (Å²) in [6.45, 7) is 9.41. The molecule has 0 aliphatic rings. The second-order valence-corrected chi connectivity index (χ2v) is 25.1. The molecule has 12 aromatic rings. The van der Waals surface area contributed by atoms with Crippen molar-refractivity contribution in [2.45, 2.75) is 59.8 Å². The summed E-state index contributed by atoms with van der Waals surface area (Å²) in [4.78, 5) is 62.3. The van der Waals surface area contributed by atoms with Gasteiger partial charge in [0.2, 0.25) is 11.9 Å². The predicted molar refractivity (Wildman–Crippen MR) is 397 cm³/mol. The van der Waals surface area contributed by atoms with Crippen molar-refractivity contribution in [3.8, 4) is 51.4 Å². The summed E-state index contributed by atoms with van der Waals surface area (Å²) in [6.07, 6.45) is 1.82. The molecule has 0 saturated carbocycles. The molecule has 0 radical (unpaired) electrons. The van der Waals surface area contributed by atoms with Crippen molar-refractivity contribution < 1.29 is 54.9 Å². The van der Waals surface area contributed by atoms with Gasteiger partial charge in [-0.1, -0.05) is 70.2 Å². The highest BCUT2D eigenvalue weighted by atomic mass is 35.5. The van der Waals surface area contributed by atoms with Crippen LogP contribution < -0.4 is 35.5 Å². The Morgan fingerprint density at radius 3 is 1.34 bits per heavy atom. The van der Waals surface area contributed by atoms with Crippen molar-refractivity contribution >= 4 is 87.4 Å². The summed E-state index contributed by atoms with van der Waals surface area (Å²) < 4.78 is 95.8. The zero-order valence-electron chi connectivity index (χ0n) is 57.8. The molecule has 0 aliphatic carbocycles. The highest BCUT2D eigenvalue weighted by molar-refractivity contribution is 6.34. The number of hydrogen-bond acceptors (Lipinski definition) is 15. The Morgan fingerprint density at radius 2 is 0.868 bits per heavy atom. The number of nitrogens with one attached hydrogen (secondary N) is 4. The number of aromatic nitrogens is 10. The number of methoxy groups -OCH3 is 3. The number of ether oxygens (including phenoxy) is 3. The van der Waals surface area contributed by atoms with Gasteiger partial charge >= 0.3 is 12.4 Å². The lowest BCUT2D eigenvalue weighted by atomic mass is 10.0. The van der Waals surface area contributed by atoms with E-state index < -0.39 is 29.4 Å². The predicted octanol–water partition coefficient (Wildman–Crippen LogP) is 18.8. The Balaban J connectivity index is 0.000000164. The number of amides is 3. The number of benzene rings is 6. The fourth-order valence-electron chi connectivity index (χ4n) is 10.2. The zero-order chi connectivity index (χ0) is 76.4. The molecule has 12 rings (SSSR count). The molecule has 0 spiro atoms. The van der Waals surface area contributed by atoms with Crippen LogP contribution in [-0.4, -0.2) is 95.1 Å². The SMILES string of the molecule is COc1cc(C)cc(C(=O)Nc2ncn(-c3ncc(C)cc3Cl)n2)c1.COc1cc(OC)cc(C(=O)Nc2ccc(Cl)c(-c3ccccn3)c2)c1.Cc1cc(C(=O)Nc2ncn(-c3ncc(C)cc3Cl)n2)cc(C(F)(F)F)c1.Cc1cc(CCCNc2ccc(Cl)c(-c3ccccn3)c2)cc(C(F)(F)F)c1. The fraction of sp³-hybridized carbons (Fsp3) is 0.171. The molecule has 20 nitrogen and oxygen atoms in total. The van der Waals surface area contributed by atoms with E-state index in [1.54, 1.807) is 106 Å². The molecule has 4 N–H and O–H groups in total. The van der Waals surface area contributed by atoms with Crippen LogP contribution >= 0.6 is 46.4 Å². The van der Waals surface area contributed by atoms with Crippen LogP contribution in [0.4, 0.5) is 49.6 Å². The van der Waals surface area contributed by atoms with Gasteiger partial charge in [0.05, 0.1) is 63.9 Å². The zero-order valence-corrected chi connectivity index (χ0v) is 60.8.